The molecule has 0 unspecified atom stereocenters. The molecule has 5 nitrogen and oxygen atoms in total. The first kappa shape index (κ1) is 14.2. The maximum Gasteiger partial charge on any atom is 0.191 e. The fraction of sp³-hybridized carbons (Fsp3) is 0.417. The van der Waals surface area contributed by atoms with Crippen molar-refractivity contribution in [1.82, 2.24) is 10.6 Å². The van der Waals surface area contributed by atoms with Crippen LogP contribution < -0.4 is 10.6 Å². The summed E-state index contributed by atoms with van der Waals surface area (Å²) in [4.78, 5) is 4.01. The summed E-state index contributed by atoms with van der Waals surface area (Å²) in [5.41, 5.74) is 0.722. The van der Waals surface area contributed by atoms with Crippen molar-refractivity contribution in [1.29, 1.82) is 0 Å². The van der Waals surface area contributed by atoms with Gasteiger partial charge in [0.2, 0.25) is 0 Å². The molecule has 0 aromatic heterocycles. The number of phenolic OH excluding ortho intramolecular Hbond substituents is 1. The third kappa shape index (κ3) is 4.58. The largest absolute Gasteiger partial charge is 0.505 e. The van der Waals surface area contributed by atoms with Gasteiger partial charge in [-0.15, -0.1) is 0 Å². The number of hydrogen-bond donors (Lipinski definition) is 3. The van der Waals surface area contributed by atoms with Crippen LogP contribution >= 0.6 is 0 Å². The predicted molar refractivity (Wildman–Crippen MR) is 68.1 cm³/mol. The average molecular weight is 255 g/mol. The number of hydrogen-bond acceptors (Lipinski definition) is 3. The molecule has 0 saturated heterocycles. The topological polar surface area (TPSA) is 65.9 Å². The number of rotatable bonds is 5. The Morgan fingerprint density at radius 2 is 2.22 bits per heavy atom. The summed E-state index contributed by atoms with van der Waals surface area (Å²) in [7, 11) is 3.27. The Kier molecular flexibility index (Phi) is 5.93. The zero-order valence-corrected chi connectivity index (χ0v) is 10.5. The van der Waals surface area contributed by atoms with E-state index in [0.29, 0.717) is 25.7 Å². The van der Waals surface area contributed by atoms with Gasteiger partial charge in [-0.3, -0.25) is 4.99 Å². The smallest absolute Gasteiger partial charge is 0.191 e. The molecule has 0 bridgehead atoms. The summed E-state index contributed by atoms with van der Waals surface area (Å²) < 4.78 is 18.0. The molecule has 0 aliphatic rings. The zero-order valence-electron chi connectivity index (χ0n) is 10.5. The van der Waals surface area contributed by atoms with Crippen LogP contribution in [0.1, 0.15) is 5.56 Å². The Morgan fingerprint density at radius 3 is 2.83 bits per heavy atom. The summed E-state index contributed by atoms with van der Waals surface area (Å²) in [6, 6.07) is 4.26. The standard InChI is InChI=1S/C12H18FN3O2/c1-14-12(15-5-6-18-2)16-8-9-3-4-11(17)10(13)7-9/h3-4,7,17H,5-6,8H2,1-2H3,(H2,14,15,16). The number of nitrogens with one attached hydrogen (secondary N) is 2. The number of ether oxygens (including phenoxy) is 1. The van der Waals surface area contributed by atoms with E-state index in [0.717, 1.165) is 5.56 Å². The van der Waals surface area contributed by atoms with Gasteiger partial charge in [-0.05, 0) is 17.7 Å². The van der Waals surface area contributed by atoms with Crippen LogP contribution in [0, 0.1) is 5.82 Å². The lowest BCUT2D eigenvalue weighted by molar-refractivity contribution is 0.203. The Hall–Kier alpha value is -1.82. The Morgan fingerprint density at radius 1 is 1.44 bits per heavy atom. The van der Waals surface area contributed by atoms with Crippen molar-refractivity contribution in [2.24, 2.45) is 4.99 Å². The Bertz CT molecular complexity index is 410. The minimum atomic E-state index is -0.628. The van der Waals surface area contributed by atoms with Crippen LogP contribution in [0.4, 0.5) is 4.39 Å². The number of aromatic hydroxyl groups is 1. The molecular formula is C12H18FN3O2. The molecule has 0 spiro atoms. The summed E-state index contributed by atoms with van der Waals surface area (Å²) in [5, 5.41) is 15.1. The Labute approximate surface area is 106 Å². The Balaban J connectivity index is 2.45. The molecule has 0 aliphatic heterocycles. The van der Waals surface area contributed by atoms with E-state index in [9.17, 15) is 4.39 Å². The van der Waals surface area contributed by atoms with Gasteiger partial charge in [-0.1, -0.05) is 6.07 Å². The van der Waals surface area contributed by atoms with Crippen LogP contribution in [-0.4, -0.2) is 38.4 Å². The van der Waals surface area contributed by atoms with Gasteiger partial charge in [0.1, 0.15) is 0 Å². The van der Waals surface area contributed by atoms with E-state index in [-0.39, 0.29) is 5.75 Å². The molecule has 1 rings (SSSR count). The van der Waals surface area contributed by atoms with Gasteiger partial charge in [-0.25, -0.2) is 4.39 Å². The normalized spacial score (nSPS) is 11.4. The minimum absolute atomic E-state index is 0.346. The van der Waals surface area contributed by atoms with Gasteiger partial charge in [0.25, 0.3) is 0 Å². The zero-order chi connectivity index (χ0) is 13.4. The van der Waals surface area contributed by atoms with Crippen LogP contribution in [0.25, 0.3) is 0 Å². The van der Waals surface area contributed by atoms with E-state index in [4.69, 9.17) is 9.84 Å². The van der Waals surface area contributed by atoms with Gasteiger partial charge in [-0.2, -0.15) is 0 Å². The maximum atomic E-state index is 13.1. The summed E-state index contributed by atoms with van der Waals surface area (Å²) in [6.45, 7) is 1.64. The highest BCUT2D eigenvalue weighted by Gasteiger charge is 2.02. The predicted octanol–water partition coefficient (Wildman–Crippen LogP) is 0.843. The third-order valence-electron chi connectivity index (χ3n) is 2.29. The molecule has 0 atom stereocenters. The molecule has 0 fully saturated rings. The van der Waals surface area contributed by atoms with Crippen molar-refractivity contribution in [2.75, 3.05) is 27.3 Å². The van der Waals surface area contributed by atoms with Crippen molar-refractivity contribution < 1.29 is 14.2 Å². The first-order valence-corrected chi connectivity index (χ1v) is 5.58. The third-order valence-corrected chi connectivity index (χ3v) is 2.29. The molecule has 0 saturated carbocycles. The highest BCUT2D eigenvalue weighted by atomic mass is 19.1. The van der Waals surface area contributed by atoms with Crippen molar-refractivity contribution in [3.05, 3.63) is 29.6 Å². The first-order chi connectivity index (χ1) is 8.67. The van der Waals surface area contributed by atoms with Gasteiger partial charge in [0, 0.05) is 27.2 Å². The number of benzene rings is 1. The molecule has 3 N–H and O–H groups in total. The lowest BCUT2D eigenvalue weighted by Gasteiger charge is -2.11. The second kappa shape index (κ2) is 7.50. The van der Waals surface area contributed by atoms with E-state index in [1.165, 1.54) is 12.1 Å². The van der Waals surface area contributed by atoms with Gasteiger partial charge < -0.3 is 20.5 Å². The lowest BCUT2D eigenvalue weighted by Crippen LogP contribution is -2.38. The van der Waals surface area contributed by atoms with Crippen molar-refractivity contribution in [3.8, 4) is 5.75 Å². The molecule has 1 aromatic carbocycles. The SMILES string of the molecule is CN=C(NCCOC)NCc1ccc(O)c(F)c1. The maximum absolute atomic E-state index is 13.1. The monoisotopic (exact) mass is 255 g/mol. The van der Waals surface area contributed by atoms with Crippen LogP contribution in [0.15, 0.2) is 23.2 Å². The van der Waals surface area contributed by atoms with Crippen LogP contribution in [0.2, 0.25) is 0 Å². The van der Waals surface area contributed by atoms with E-state index in [1.807, 2.05) is 0 Å². The summed E-state index contributed by atoms with van der Waals surface area (Å²) in [5.74, 6) is -0.362. The second-order valence-electron chi connectivity index (χ2n) is 3.63. The number of phenols is 1. The molecule has 0 aliphatic carbocycles. The van der Waals surface area contributed by atoms with Crippen molar-refractivity contribution in [3.63, 3.8) is 0 Å². The van der Waals surface area contributed by atoms with Gasteiger partial charge >= 0.3 is 0 Å². The molecule has 0 heterocycles. The highest BCUT2D eigenvalue weighted by molar-refractivity contribution is 5.79. The van der Waals surface area contributed by atoms with E-state index in [2.05, 4.69) is 15.6 Å². The van der Waals surface area contributed by atoms with Gasteiger partial charge in [0.05, 0.1) is 6.61 Å². The lowest BCUT2D eigenvalue weighted by atomic mass is 10.2. The second-order valence-corrected chi connectivity index (χ2v) is 3.63. The van der Waals surface area contributed by atoms with Crippen LogP contribution in [0.3, 0.4) is 0 Å². The van der Waals surface area contributed by atoms with Crippen LogP contribution in [0.5, 0.6) is 5.75 Å². The number of aliphatic imine (C=N–C) groups is 1. The van der Waals surface area contributed by atoms with E-state index < -0.39 is 5.82 Å². The molecule has 0 radical (unpaired) electrons. The van der Waals surface area contributed by atoms with E-state index >= 15 is 0 Å². The van der Waals surface area contributed by atoms with Crippen molar-refractivity contribution >= 4 is 5.96 Å². The fourth-order valence-electron chi connectivity index (χ4n) is 1.34. The van der Waals surface area contributed by atoms with Gasteiger partial charge in [0.15, 0.2) is 17.5 Å². The number of nitrogens with zero attached hydrogens (tertiary/aromatic N) is 1. The van der Waals surface area contributed by atoms with Crippen molar-refractivity contribution in [2.45, 2.75) is 6.54 Å². The molecule has 0 amide bonds. The quantitative estimate of drug-likeness (QED) is 0.414. The molecule has 100 valence electrons. The molecule has 1 aromatic rings. The molecule has 18 heavy (non-hydrogen) atoms. The first-order valence-electron chi connectivity index (χ1n) is 5.58. The van der Waals surface area contributed by atoms with Crippen LogP contribution in [-0.2, 0) is 11.3 Å². The minimum Gasteiger partial charge on any atom is -0.505 e. The highest BCUT2D eigenvalue weighted by Crippen LogP contribution is 2.15. The fourth-order valence-corrected chi connectivity index (χ4v) is 1.34. The number of methoxy groups -OCH3 is 1. The molecular weight excluding hydrogens is 237 g/mol. The summed E-state index contributed by atoms with van der Waals surface area (Å²) in [6.07, 6.45) is 0. The average Bonchev–Trinajstić information content (AvgIpc) is 2.37. The van der Waals surface area contributed by atoms with E-state index in [1.54, 1.807) is 20.2 Å². The molecule has 6 heteroatoms. The number of guanidine groups is 1. The summed E-state index contributed by atoms with van der Waals surface area (Å²) >= 11 is 0. The number of halogens is 1.